The molecule has 0 atom stereocenters. The zero-order valence-electron chi connectivity index (χ0n) is 13.5. The quantitative estimate of drug-likeness (QED) is 0.627. The Bertz CT molecular complexity index is 959. The van der Waals surface area contributed by atoms with Crippen LogP contribution in [-0.2, 0) is 19.3 Å². The Morgan fingerprint density at radius 1 is 0.960 bits per heavy atom. The molecule has 0 fully saturated rings. The number of aromatic nitrogens is 1. The molecular weight excluding hydrogens is 335 g/mol. The van der Waals surface area contributed by atoms with Gasteiger partial charge in [-0.2, -0.15) is 5.26 Å². The molecule has 0 saturated carbocycles. The van der Waals surface area contributed by atoms with Crippen LogP contribution < -0.4 is 0 Å². The van der Waals surface area contributed by atoms with Crippen molar-refractivity contribution in [1.29, 1.82) is 5.26 Å². The molecule has 2 nitrogen and oxygen atoms in total. The molecule has 0 N–H and O–H groups in total. The van der Waals surface area contributed by atoms with Gasteiger partial charge in [-0.15, -0.1) is 12.4 Å². The van der Waals surface area contributed by atoms with Crippen LogP contribution in [0, 0.1) is 17.1 Å². The number of nitrogens with zero attached hydrogens (tertiary/aromatic N) is 2. The van der Waals surface area contributed by atoms with Crippen molar-refractivity contribution in [3.05, 3.63) is 88.5 Å². The SMILES string of the molecule is Cl.N#Cc1cccc2c1CCc1ncc(-c3ccc(F)cc3)cc1C2. The maximum Gasteiger partial charge on any atom is 0.123 e. The summed E-state index contributed by atoms with van der Waals surface area (Å²) in [5.74, 6) is -0.237. The highest BCUT2D eigenvalue weighted by atomic mass is 35.5. The summed E-state index contributed by atoms with van der Waals surface area (Å²) in [6.07, 6.45) is 4.31. The molecule has 0 bridgehead atoms. The van der Waals surface area contributed by atoms with Crippen molar-refractivity contribution < 1.29 is 4.39 Å². The summed E-state index contributed by atoms with van der Waals surface area (Å²) in [6, 6.07) is 16.8. The van der Waals surface area contributed by atoms with E-state index in [0.29, 0.717) is 0 Å². The average molecular weight is 351 g/mol. The molecule has 1 aromatic heterocycles. The summed E-state index contributed by atoms with van der Waals surface area (Å²) in [6.45, 7) is 0. The van der Waals surface area contributed by atoms with E-state index in [1.54, 1.807) is 12.1 Å². The van der Waals surface area contributed by atoms with Gasteiger partial charge in [-0.3, -0.25) is 4.98 Å². The monoisotopic (exact) mass is 350 g/mol. The molecule has 25 heavy (non-hydrogen) atoms. The molecular formula is C21H16ClFN2. The minimum Gasteiger partial charge on any atom is -0.260 e. The second kappa shape index (κ2) is 7.04. The standard InChI is InChI=1S/C21H15FN2.ClH/c22-19-6-4-14(5-7-19)18-11-17-10-15-2-1-3-16(12-23)20(15)8-9-21(17)24-13-18;/h1-7,11,13H,8-10H2;1H. The minimum atomic E-state index is -0.237. The smallest absolute Gasteiger partial charge is 0.123 e. The molecule has 0 spiro atoms. The molecule has 0 unspecified atom stereocenters. The van der Waals surface area contributed by atoms with Crippen molar-refractivity contribution in [2.45, 2.75) is 19.3 Å². The van der Waals surface area contributed by atoms with Gasteiger partial charge in [0.25, 0.3) is 0 Å². The summed E-state index contributed by atoms with van der Waals surface area (Å²) in [5.41, 5.74) is 7.33. The van der Waals surface area contributed by atoms with Crippen LogP contribution in [0.3, 0.4) is 0 Å². The fourth-order valence-electron chi connectivity index (χ4n) is 3.37. The molecule has 2 aromatic carbocycles. The van der Waals surface area contributed by atoms with Gasteiger partial charge in [-0.05, 0) is 65.8 Å². The summed E-state index contributed by atoms with van der Waals surface area (Å²) in [5, 5.41) is 9.32. The van der Waals surface area contributed by atoms with E-state index in [2.05, 4.69) is 23.2 Å². The maximum atomic E-state index is 13.1. The predicted octanol–water partition coefficient (Wildman–Crippen LogP) is 4.87. The van der Waals surface area contributed by atoms with Crippen molar-refractivity contribution in [2.24, 2.45) is 0 Å². The number of hydrogen-bond acceptors (Lipinski definition) is 2. The third-order valence-electron chi connectivity index (χ3n) is 4.62. The lowest BCUT2D eigenvalue weighted by Crippen LogP contribution is -1.97. The van der Waals surface area contributed by atoms with Crippen molar-refractivity contribution >= 4 is 12.4 Å². The number of aryl methyl sites for hydroxylation is 1. The van der Waals surface area contributed by atoms with E-state index in [1.807, 2.05) is 18.3 Å². The zero-order valence-corrected chi connectivity index (χ0v) is 14.3. The normalized spacial score (nSPS) is 12.2. The van der Waals surface area contributed by atoms with Crippen LogP contribution in [0.1, 0.15) is 27.9 Å². The van der Waals surface area contributed by atoms with Crippen molar-refractivity contribution in [3.8, 4) is 17.2 Å². The van der Waals surface area contributed by atoms with E-state index >= 15 is 0 Å². The van der Waals surface area contributed by atoms with Crippen LogP contribution in [0.2, 0.25) is 0 Å². The number of pyridine rings is 1. The Morgan fingerprint density at radius 3 is 2.52 bits per heavy atom. The van der Waals surface area contributed by atoms with Gasteiger partial charge in [0.2, 0.25) is 0 Å². The maximum absolute atomic E-state index is 13.1. The fourth-order valence-corrected chi connectivity index (χ4v) is 3.37. The van der Waals surface area contributed by atoms with Gasteiger partial charge in [0.15, 0.2) is 0 Å². The van der Waals surface area contributed by atoms with Crippen molar-refractivity contribution in [1.82, 2.24) is 4.98 Å². The van der Waals surface area contributed by atoms with Crippen LogP contribution >= 0.6 is 12.4 Å². The second-order valence-corrected chi connectivity index (χ2v) is 6.07. The molecule has 1 aliphatic rings. The lowest BCUT2D eigenvalue weighted by molar-refractivity contribution is 0.628. The molecule has 0 saturated heterocycles. The van der Waals surface area contributed by atoms with E-state index in [9.17, 15) is 9.65 Å². The van der Waals surface area contributed by atoms with Gasteiger partial charge in [0.05, 0.1) is 11.6 Å². The van der Waals surface area contributed by atoms with E-state index < -0.39 is 0 Å². The summed E-state index contributed by atoms with van der Waals surface area (Å²) in [7, 11) is 0. The first-order valence-corrected chi connectivity index (χ1v) is 7.99. The Kier molecular flexibility index (Phi) is 4.83. The van der Waals surface area contributed by atoms with Gasteiger partial charge in [-0.1, -0.05) is 24.3 Å². The average Bonchev–Trinajstić information content (AvgIpc) is 2.80. The Labute approximate surface area is 152 Å². The van der Waals surface area contributed by atoms with Crippen molar-refractivity contribution in [2.75, 3.05) is 0 Å². The first kappa shape index (κ1) is 17.1. The highest BCUT2D eigenvalue weighted by Gasteiger charge is 2.17. The fraction of sp³-hybridized carbons (Fsp3) is 0.143. The lowest BCUT2D eigenvalue weighted by Gasteiger charge is -2.09. The largest absolute Gasteiger partial charge is 0.260 e. The molecule has 4 heteroatoms. The molecule has 4 rings (SSSR count). The number of fused-ring (bicyclic) bond motifs is 2. The first-order chi connectivity index (χ1) is 11.7. The second-order valence-electron chi connectivity index (χ2n) is 6.07. The summed E-state index contributed by atoms with van der Waals surface area (Å²) in [4.78, 5) is 4.64. The molecule has 1 aliphatic carbocycles. The van der Waals surface area contributed by atoms with Crippen LogP contribution in [0.15, 0.2) is 54.7 Å². The number of halogens is 2. The third-order valence-corrected chi connectivity index (χ3v) is 4.62. The van der Waals surface area contributed by atoms with Gasteiger partial charge in [0.1, 0.15) is 5.82 Å². The van der Waals surface area contributed by atoms with Crippen LogP contribution in [-0.4, -0.2) is 4.98 Å². The van der Waals surface area contributed by atoms with Gasteiger partial charge < -0.3 is 0 Å². The lowest BCUT2D eigenvalue weighted by atomic mass is 9.96. The van der Waals surface area contributed by atoms with Gasteiger partial charge in [-0.25, -0.2) is 4.39 Å². The van der Waals surface area contributed by atoms with Crippen LogP contribution in [0.5, 0.6) is 0 Å². The van der Waals surface area contributed by atoms with E-state index in [4.69, 9.17) is 0 Å². The molecule has 124 valence electrons. The molecule has 0 amide bonds. The van der Waals surface area contributed by atoms with Gasteiger partial charge in [0, 0.05) is 17.5 Å². The minimum absolute atomic E-state index is 0. The zero-order chi connectivity index (χ0) is 16.5. The third kappa shape index (κ3) is 3.26. The molecule has 0 radical (unpaired) electrons. The Hall–Kier alpha value is -2.70. The topological polar surface area (TPSA) is 36.7 Å². The molecule has 0 aliphatic heterocycles. The molecule has 3 aromatic rings. The summed E-state index contributed by atoms with van der Waals surface area (Å²) < 4.78 is 13.1. The van der Waals surface area contributed by atoms with E-state index in [0.717, 1.165) is 47.2 Å². The van der Waals surface area contributed by atoms with Gasteiger partial charge >= 0.3 is 0 Å². The van der Waals surface area contributed by atoms with Crippen LogP contribution in [0.4, 0.5) is 4.39 Å². The predicted molar refractivity (Wildman–Crippen MR) is 98.2 cm³/mol. The number of rotatable bonds is 1. The Morgan fingerprint density at radius 2 is 1.76 bits per heavy atom. The molecule has 1 heterocycles. The van der Waals surface area contributed by atoms with Crippen LogP contribution in [0.25, 0.3) is 11.1 Å². The Balaban J connectivity index is 0.00000182. The highest BCUT2D eigenvalue weighted by Crippen LogP contribution is 2.28. The van der Waals surface area contributed by atoms with E-state index in [-0.39, 0.29) is 18.2 Å². The number of benzene rings is 2. The van der Waals surface area contributed by atoms with E-state index in [1.165, 1.54) is 23.3 Å². The summed E-state index contributed by atoms with van der Waals surface area (Å²) >= 11 is 0. The number of hydrogen-bond donors (Lipinski definition) is 0. The first-order valence-electron chi connectivity index (χ1n) is 7.99. The van der Waals surface area contributed by atoms with Crippen molar-refractivity contribution in [3.63, 3.8) is 0 Å². The highest BCUT2D eigenvalue weighted by molar-refractivity contribution is 5.85. The number of nitriles is 1.